The van der Waals surface area contributed by atoms with Crippen LogP contribution >= 0.6 is 0 Å². The summed E-state index contributed by atoms with van der Waals surface area (Å²) in [5.74, 6) is -0.815. The Labute approximate surface area is 128 Å². The Bertz CT molecular complexity index is 701. The first-order chi connectivity index (χ1) is 10.6. The van der Waals surface area contributed by atoms with Crippen LogP contribution in [0.25, 0.3) is 0 Å². The van der Waals surface area contributed by atoms with Crippen molar-refractivity contribution in [3.63, 3.8) is 0 Å². The van der Waals surface area contributed by atoms with E-state index < -0.39 is 11.4 Å². The molecule has 0 radical (unpaired) electrons. The fraction of sp³-hybridized carbons (Fsp3) is 0.278. The summed E-state index contributed by atoms with van der Waals surface area (Å²) in [4.78, 5) is 12.0. The number of carbonyl (C=O) groups excluding carboxylic acids is 1. The van der Waals surface area contributed by atoms with E-state index in [4.69, 9.17) is 0 Å². The molecule has 114 valence electrons. The van der Waals surface area contributed by atoms with Crippen LogP contribution in [0.5, 0.6) is 0 Å². The molecule has 0 saturated carbocycles. The maximum atomic E-state index is 13.1. The normalized spacial score (nSPS) is 20.3. The number of hydrogen-bond acceptors (Lipinski definition) is 2. The Morgan fingerprint density at radius 3 is 2.73 bits per heavy atom. The molecule has 3 nitrogen and oxygen atoms in total. The number of carbonyl (C=O) groups is 1. The van der Waals surface area contributed by atoms with Crippen molar-refractivity contribution in [2.45, 2.75) is 24.9 Å². The third-order valence-electron chi connectivity index (χ3n) is 4.16. The van der Waals surface area contributed by atoms with Gasteiger partial charge in [-0.2, -0.15) is 0 Å². The minimum Gasteiger partial charge on any atom is -0.388 e. The second-order valence-corrected chi connectivity index (χ2v) is 5.86. The van der Waals surface area contributed by atoms with Gasteiger partial charge in [0, 0.05) is 18.5 Å². The van der Waals surface area contributed by atoms with Gasteiger partial charge in [-0.1, -0.05) is 30.3 Å². The number of aryl methyl sites for hydroxylation is 1. The molecule has 2 aromatic carbocycles. The Kier molecular flexibility index (Phi) is 3.94. The van der Waals surface area contributed by atoms with Crippen LogP contribution in [0.1, 0.15) is 27.9 Å². The molecule has 0 saturated heterocycles. The number of rotatable bonds is 3. The lowest BCUT2D eigenvalue weighted by atomic mass is 9.80. The number of nitrogens with one attached hydrogen (secondary N) is 1. The molecule has 1 aliphatic rings. The lowest BCUT2D eigenvalue weighted by Crippen LogP contribution is -2.46. The monoisotopic (exact) mass is 299 g/mol. The van der Waals surface area contributed by atoms with Crippen molar-refractivity contribution >= 4 is 5.91 Å². The summed E-state index contributed by atoms with van der Waals surface area (Å²) in [5.41, 5.74) is 1.69. The van der Waals surface area contributed by atoms with Crippen LogP contribution < -0.4 is 5.32 Å². The van der Waals surface area contributed by atoms with Gasteiger partial charge in [0.2, 0.25) is 0 Å². The Morgan fingerprint density at radius 1 is 1.18 bits per heavy atom. The fourth-order valence-corrected chi connectivity index (χ4v) is 2.91. The smallest absolute Gasteiger partial charge is 0.251 e. The third kappa shape index (κ3) is 3.17. The van der Waals surface area contributed by atoms with E-state index in [2.05, 4.69) is 11.4 Å². The number of aliphatic hydroxyl groups is 1. The molecule has 1 aliphatic carbocycles. The number of benzene rings is 2. The Balaban J connectivity index is 1.65. The molecule has 0 spiro atoms. The van der Waals surface area contributed by atoms with Gasteiger partial charge in [0.05, 0.1) is 5.60 Å². The maximum absolute atomic E-state index is 13.1. The van der Waals surface area contributed by atoms with E-state index in [0.29, 0.717) is 12.8 Å². The van der Waals surface area contributed by atoms with Crippen LogP contribution in [-0.2, 0) is 12.8 Å². The van der Waals surface area contributed by atoms with E-state index in [9.17, 15) is 14.3 Å². The summed E-state index contributed by atoms with van der Waals surface area (Å²) >= 11 is 0. The highest BCUT2D eigenvalue weighted by Crippen LogP contribution is 2.28. The average molecular weight is 299 g/mol. The summed E-state index contributed by atoms with van der Waals surface area (Å²) in [5, 5.41) is 13.4. The Morgan fingerprint density at radius 2 is 1.95 bits per heavy atom. The standard InChI is InChI=1S/C18H18FNO2/c19-16-7-3-6-14(10-16)17(21)20-12-18(22)9-8-13-4-1-2-5-15(13)11-18/h1-7,10,22H,8-9,11-12H2,(H,20,21). The molecule has 3 rings (SSSR count). The quantitative estimate of drug-likeness (QED) is 0.915. The van der Waals surface area contributed by atoms with Gasteiger partial charge in [0.15, 0.2) is 0 Å². The molecule has 1 atom stereocenters. The molecule has 22 heavy (non-hydrogen) atoms. The molecular formula is C18H18FNO2. The highest BCUT2D eigenvalue weighted by atomic mass is 19.1. The summed E-state index contributed by atoms with van der Waals surface area (Å²) in [6.45, 7) is 0.163. The molecular weight excluding hydrogens is 281 g/mol. The fourth-order valence-electron chi connectivity index (χ4n) is 2.91. The number of fused-ring (bicyclic) bond motifs is 1. The largest absolute Gasteiger partial charge is 0.388 e. The van der Waals surface area contributed by atoms with Gasteiger partial charge in [0.25, 0.3) is 5.91 Å². The molecule has 4 heteroatoms. The van der Waals surface area contributed by atoms with E-state index in [1.807, 2.05) is 18.2 Å². The molecule has 2 N–H and O–H groups in total. The van der Waals surface area contributed by atoms with Crippen molar-refractivity contribution < 1.29 is 14.3 Å². The van der Waals surface area contributed by atoms with Gasteiger partial charge >= 0.3 is 0 Å². The lowest BCUT2D eigenvalue weighted by molar-refractivity contribution is 0.0260. The highest BCUT2D eigenvalue weighted by molar-refractivity contribution is 5.94. The molecule has 0 bridgehead atoms. The zero-order valence-corrected chi connectivity index (χ0v) is 12.2. The van der Waals surface area contributed by atoms with E-state index >= 15 is 0 Å². The highest BCUT2D eigenvalue weighted by Gasteiger charge is 2.32. The van der Waals surface area contributed by atoms with Gasteiger partial charge in [-0.05, 0) is 42.2 Å². The van der Waals surface area contributed by atoms with Crippen molar-refractivity contribution in [3.05, 3.63) is 71.0 Å². The SMILES string of the molecule is O=C(NCC1(O)CCc2ccccc2C1)c1cccc(F)c1. The van der Waals surface area contributed by atoms with Crippen molar-refractivity contribution in [1.29, 1.82) is 0 Å². The first-order valence-corrected chi connectivity index (χ1v) is 7.39. The molecule has 1 unspecified atom stereocenters. The third-order valence-corrected chi connectivity index (χ3v) is 4.16. The predicted octanol–water partition coefficient (Wildman–Crippen LogP) is 2.48. The van der Waals surface area contributed by atoms with E-state index in [1.54, 1.807) is 6.07 Å². The van der Waals surface area contributed by atoms with Crippen LogP contribution in [0, 0.1) is 5.82 Å². The van der Waals surface area contributed by atoms with Crippen molar-refractivity contribution in [1.82, 2.24) is 5.32 Å². The van der Waals surface area contributed by atoms with Crippen LogP contribution in [0.3, 0.4) is 0 Å². The van der Waals surface area contributed by atoms with Crippen molar-refractivity contribution in [3.8, 4) is 0 Å². The molecule has 1 amide bonds. The minimum atomic E-state index is -0.947. The lowest BCUT2D eigenvalue weighted by Gasteiger charge is -2.33. The van der Waals surface area contributed by atoms with Crippen LogP contribution in [0.15, 0.2) is 48.5 Å². The minimum absolute atomic E-state index is 0.163. The topological polar surface area (TPSA) is 49.3 Å². The summed E-state index contributed by atoms with van der Waals surface area (Å²) in [6.07, 6.45) is 1.92. The molecule has 0 fully saturated rings. The van der Waals surface area contributed by atoms with Crippen LogP contribution in [0.2, 0.25) is 0 Å². The van der Waals surface area contributed by atoms with E-state index in [1.165, 1.54) is 23.8 Å². The molecule has 0 aliphatic heterocycles. The van der Waals surface area contributed by atoms with E-state index in [-0.39, 0.29) is 18.0 Å². The molecule has 0 heterocycles. The van der Waals surface area contributed by atoms with E-state index in [0.717, 1.165) is 12.0 Å². The zero-order valence-electron chi connectivity index (χ0n) is 12.2. The average Bonchev–Trinajstić information content (AvgIpc) is 2.52. The van der Waals surface area contributed by atoms with Crippen LogP contribution in [0.4, 0.5) is 4.39 Å². The Hall–Kier alpha value is -2.20. The van der Waals surface area contributed by atoms with Crippen molar-refractivity contribution in [2.24, 2.45) is 0 Å². The number of amides is 1. The first-order valence-electron chi connectivity index (χ1n) is 7.39. The summed E-state index contributed by atoms with van der Waals surface area (Å²) in [6, 6.07) is 13.6. The maximum Gasteiger partial charge on any atom is 0.251 e. The van der Waals surface area contributed by atoms with Crippen molar-refractivity contribution in [2.75, 3.05) is 6.54 Å². The second kappa shape index (κ2) is 5.89. The second-order valence-electron chi connectivity index (χ2n) is 5.86. The van der Waals surface area contributed by atoms with Gasteiger partial charge in [-0.3, -0.25) is 4.79 Å². The van der Waals surface area contributed by atoms with Gasteiger partial charge in [0.1, 0.15) is 5.82 Å². The van der Waals surface area contributed by atoms with Gasteiger partial charge in [-0.25, -0.2) is 4.39 Å². The number of halogens is 1. The summed E-state index contributed by atoms with van der Waals surface area (Å²) in [7, 11) is 0. The first kappa shape index (κ1) is 14.7. The van der Waals surface area contributed by atoms with Gasteiger partial charge < -0.3 is 10.4 Å². The predicted molar refractivity (Wildman–Crippen MR) is 82.2 cm³/mol. The van der Waals surface area contributed by atoms with Gasteiger partial charge in [-0.15, -0.1) is 0 Å². The summed E-state index contributed by atoms with van der Waals surface area (Å²) < 4.78 is 13.1. The molecule has 2 aromatic rings. The van der Waals surface area contributed by atoms with Crippen LogP contribution in [-0.4, -0.2) is 23.2 Å². The molecule has 0 aromatic heterocycles. The number of hydrogen-bond donors (Lipinski definition) is 2. The zero-order chi connectivity index (χ0) is 15.6.